The summed E-state index contributed by atoms with van der Waals surface area (Å²) in [6, 6.07) is 15.1. The third-order valence-corrected chi connectivity index (χ3v) is 3.68. The summed E-state index contributed by atoms with van der Waals surface area (Å²) in [5.74, 6) is -0.0158. The lowest BCUT2D eigenvalue weighted by Gasteiger charge is -2.19. The lowest BCUT2D eigenvalue weighted by atomic mass is 10.1. The Morgan fingerprint density at radius 3 is 2.09 bits per heavy atom. The minimum atomic E-state index is -0.463. The second-order valence-electron chi connectivity index (χ2n) is 6.08. The Labute approximate surface area is 141 Å². The van der Waals surface area contributed by atoms with Gasteiger partial charge in [0, 0.05) is 4.90 Å². The first-order chi connectivity index (χ1) is 10.8. The van der Waals surface area contributed by atoms with Gasteiger partial charge in [-0.25, -0.2) is 4.72 Å². The Bertz CT molecular complexity index is 645. The van der Waals surface area contributed by atoms with Crippen LogP contribution in [0, 0.1) is 0 Å². The summed E-state index contributed by atoms with van der Waals surface area (Å²) in [5, 5.41) is 9.31. The molecule has 0 heterocycles. The predicted octanol–water partition coefficient (Wildman–Crippen LogP) is 4.00. The van der Waals surface area contributed by atoms with E-state index in [0.29, 0.717) is 0 Å². The molecule has 5 heteroatoms. The molecule has 0 spiro atoms. The average molecular weight is 331 g/mol. The highest BCUT2D eigenvalue weighted by molar-refractivity contribution is 7.97. The highest BCUT2D eigenvalue weighted by Gasteiger charge is 2.15. The summed E-state index contributed by atoms with van der Waals surface area (Å²) in [6.07, 6.45) is 0. The van der Waals surface area contributed by atoms with E-state index in [1.807, 2.05) is 57.2 Å². The van der Waals surface area contributed by atoms with E-state index in [0.717, 1.165) is 16.0 Å². The summed E-state index contributed by atoms with van der Waals surface area (Å²) in [7, 11) is 0. The first-order valence-corrected chi connectivity index (χ1v) is 8.16. The fourth-order valence-electron chi connectivity index (χ4n) is 1.93. The number of phenols is 1. The summed E-state index contributed by atoms with van der Waals surface area (Å²) < 4.78 is 8.23. The van der Waals surface area contributed by atoms with E-state index >= 15 is 0 Å². The molecule has 0 saturated carbocycles. The van der Waals surface area contributed by atoms with Crippen molar-refractivity contribution < 1.29 is 14.6 Å². The lowest BCUT2D eigenvalue weighted by Crippen LogP contribution is -2.29. The van der Waals surface area contributed by atoms with E-state index in [9.17, 15) is 9.90 Å². The van der Waals surface area contributed by atoms with Crippen molar-refractivity contribution in [2.45, 2.75) is 31.3 Å². The molecule has 23 heavy (non-hydrogen) atoms. The highest BCUT2D eigenvalue weighted by Crippen LogP contribution is 2.24. The number of esters is 1. The standard InChI is InChI=1S/C18H21NO3S/c1-18(2,3)22-17(21)12-19-23-16-10-6-14(7-11-16)13-4-8-15(20)9-5-13/h4-11,19-20H,12H2,1-3H3. The van der Waals surface area contributed by atoms with Gasteiger partial charge in [0.05, 0.1) is 0 Å². The van der Waals surface area contributed by atoms with Gasteiger partial charge in [-0.15, -0.1) is 0 Å². The van der Waals surface area contributed by atoms with E-state index < -0.39 is 5.60 Å². The van der Waals surface area contributed by atoms with Gasteiger partial charge in [0.2, 0.25) is 0 Å². The molecule has 0 aliphatic carbocycles. The molecule has 4 nitrogen and oxygen atoms in total. The van der Waals surface area contributed by atoms with Crippen molar-refractivity contribution in [2.24, 2.45) is 0 Å². The number of aromatic hydroxyl groups is 1. The molecule has 2 rings (SSSR count). The highest BCUT2D eigenvalue weighted by atomic mass is 32.2. The van der Waals surface area contributed by atoms with Crippen LogP contribution in [0.4, 0.5) is 0 Å². The number of hydrogen-bond acceptors (Lipinski definition) is 5. The number of ether oxygens (including phenoxy) is 1. The van der Waals surface area contributed by atoms with Crippen molar-refractivity contribution in [3.63, 3.8) is 0 Å². The zero-order valence-electron chi connectivity index (χ0n) is 13.5. The van der Waals surface area contributed by atoms with E-state index in [4.69, 9.17) is 4.74 Å². The Balaban J connectivity index is 1.86. The van der Waals surface area contributed by atoms with Gasteiger partial charge < -0.3 is 9.84 Å². The minimum absolute atomic E-state index is 0.154. The molecule has 0 aliphatic heterocycles. The number of carbonyl (C=O) groups excluding carboxylic acids is 1. The maximum Gasteiger partial charge on any atom is 0.321 e. The first-order valence-electron chi connectivity index (χ1n) is 7.34. The Morgan fingerprint density at radius 1 is 1.04 bits per heavy atom. The Kier molecular flexibility index (Phi) is 5.69. The molecular weight excluding hydrogens is 310 g/mol. The molecular formula is C18H21NO3S. The molecule has 0 radical (unpaired) electrons. The number of rotatable bonds is 5. The van der Waals surface area contributed by atoms with Gasteiger partial charge >= 0.3 is 5.97 Å². The second-order valence-corrected chi connectivity index (χ2v) is 7.05. The van der Waals surface area contributed by atoms with Crippen molar-refractivity contribution in [3.05, 3.63) is 48.5 Å². The van der Waals surface area contributed by atoms with Gasteiger partial charge in [-0.05, 0) is 68.1 Å². The van der Waals surface area contributed by atoms with Crippen molar-refractivity contribution >= 4 is 17.9 Å². The molecule has 2 N–H and O–H groups in total. The number of benzene rings is 2. The molecule has 122 valence electrons. The normalized spacial score (nSPS) is 11.3. The Morgan fingerprint density at radius 2 is 1.57 bits per heavy atom. The summed E-state index contributed by atoms with van der Waals surface area (Å²) in [5.41, 5.74) is 1.65. The van der Waals surface area contributed by atoms with Gasteiger partial charge in [0.1, 0.15) is 17.9 Å². The minimum Gasteiger partial charge on any atom is -0.508 e. The van der Waals surface area contributed by atoms with Gasteiger partial charge in [-0.3, -0.25) is 4.79 Å². The maximum atomic E-state index is 11.6. The van der Waals surface area contributed by atoms with Crippen LogP contribution >= 0.6 is 11.9 Å². The molecule has 0 fully saturated rings. The molecule has 0 atom stereocenters. The third-order valence-electron chi connectivity index (χ3n) is 2.88. The summed E-state index contributed by atoms with van der Waals surface area (Å²) in [4.78, 5) is 12.6. The monoisotopic (exact) mass is 331 g/mol. The Hall–Kier alpha value is -1.98. The largest absolute Gasteiger partial charge is 0.508 e. The fraction of sp³-hybridized carbons (Fsp3) is 0.278. The summed E-state index contributed by atoms with van der Waals surface area (Å²) in [6.45, 7) is 5.70. The van der Waals surface area contributed by atoms with Crippen LogP contribution in [-0.4, -0.2) is 23.2 Å². The first kappa shape index (κ1) is 17.4. The van der Waals surface area contributed by atoms with Gasteiger partial charge in [-0.2, -0.15) is 0 Å². The van der Waals surface area contributed by atoms with Crippen LogP contribution in [0.3, 0.4) is 0 Å². The number of carbonyl (C=O) groups is 1. The maximum absolute atomic E-state index is 11.6. The quantitative estimate of drug-likeness (QED) is 0.641. The van der Waals surface area contributed by atoms with Crippen LogP contribution < -0.4 is 4.72 Å². The SMILES string of the molecule is CC(C)(C)OC(=O)CNSc1ccc(-c2ccc(O)cc2)cc1. The van der Waals surface area contributed by atoms with Crippen LogP contribution in [0.2, 0.25) is 0 Å². The van der Waals surface area contributed by atoms with E-state index in [2.05, 4.69) is 4.72 Å². The van der Waals surface area contributed by atoms with Crippen LogP contribution in [0.5, 0.6) is 5.75 Å². The molecule has 0 aliphatic rings. The van der Waals surface area contributed by atoms with E-state index in [-0.39, 0.29) is 18.3 Å². The topological polar surface area (TPSA) is 58.6 Å². The van der Waals surface area contributed by atoms with Crippen LogP contribution in [0.25, 0.3) is 11.1 Å². The van der Waals surface area contributed by atoms with Crippen molar-refractivity contribution in [3.8, 4) is 16.9 Å². The van der Waals surface area contributed by atoms with Gasteiger partial charge in [0.25, 0.3) is 0 Å². The number of phenolic OH excluding ortho intramolecular Hbond substituents is 1. The number of hydrogen-bond donors (Lipinski definition) is 2. The summed E-state index contributed by atoms with van der Waals surface area (Å²) >= 11 is 1.39. The van der Waals surface area contributed by atoms with Crippen LogP contribution in [-0.2, 0) is 9.53 Å². The predicted molar refractivity (Wildman–Crippen MR) is 93.2 cm³/mol. The van der Waals surface area contributed by atoms with Crippen LogP contribution in [0.15, 0.2) is 53.4 Å². The van der Waals surface area contributed by atoms with Gasteiger partial charge in [-0.1, -0.05) is 24.3 Å². The zero-order chi connectivity index (χ0) is 16.9. The third kappa shape index (κ3) is 5.96. The zero-order valence-corrected chi connectivity index (χ0v) is 14.3. The van der Waals surface area contributed by atoms with E-state index in [1.54, 1.807) is 12.1 Å². The van der Waals surface area contributed by atoms with E-state index in [1.165, 1.54) is 11.9 Å². The number of nitrogens with one attached hydrogen (secondary N) is 1. The molecule has 2 aromatic carbocycles. The molecule has 0 aromatic heterocycles. The molecule has 2 aromatic rings. The van der Waals surface area contributed by atoms with Gasteiger partial charge in [0.15, 0.2) is 0 Å². The average Bonchev–Trinajstić information content (AvgIpc) is 2.47. The second kappa shape index (κ2) is 7.53. The van der Waals surface area contributed by atoms with Crippen molar-refractivity contribution in [1.29, 1.82) is 0 Å². The molecule has 0 saturated heterocycles. The molecule has 0 amide bonds. The van der Waals surface area contributed by atoms with Crippen molar-refractivity contribution in [2.75, 3.05) is 6.54 Å². The van der Waals surface area contributed by atoms with Crippen molar-refractivity contribution in [1.82, 2.24) is 4.72 Å². The van der Waals surface area contributed by atoms with Crippen LogP contribution in [0.1, 0.15) is 20.8 Å². The fourth-order valence-corrected chi connectivity index (χ4v) is 2.55. The molecule has 0 unspecified atom stereocenters. The smallest absolute Gasteiger partial charge is 0.321 e. The molecule has 0 bridgehead atoms. The lowest BCUT2D eigenvalue weighted by molar-refractivity contribution is -0.153.